The quantitative estimate of drug-likeness (QED) is 0.935. The monoisotopic (exact) mass is 332 g/mol. The summed E-state index contributed by atoms with van der Waals surface area (Å²) in [4.78, 5) is 27.4. The zero-order valence-electron chi connectivity index (χ0n) is 12.5. The van der Waals surface area contributed by atoms with Crippen LogP contribution >= 0.6 is 11.3 Å². The zero-order chi connectivity index (χ0) is 16.2. The molecule has 0 bridgehead atoms. The average molecular weight is 332 g/mol. The van der Waals surface area contributed by atoms with Crippen LogP contribution in [0.5, 0.6) is 0 Å². The van der Waals surface area contributed by atoms with Gasteiger partial charge in [-0.1, -0.05) is 6.07 Å². The highest BCUT2D eigenvalue weighted by molar-refractivity contribution is 7.12. The molecule has 0 aliphatic carbocycles. The number of hydrogen-bond donors (Lipinski definition) is 1. The Labute approximate surface area is 137 Å². The first-order chi connectivity index (χ1) is 11.1. The molecule has 3 rings (SSSR count). The number of nitrogens with zero attached hydrogens (tertiary/aromatic N) is 1. The van der Waals surface area contributed by atoms with Crippen molar-refractivity contribution in [3.8, 4) is 0 Å². The molecule has 2 aromatic rings. The molecule has 23 heavy (non-hydrogen) atoms. The van der Waals surface area contributed by atoms with Gasteiger partial charge in [-0.05, 0) is 55.0 Å². The Hall–Kier alpha value is -2.21. The minimum atomic E-state index is -0.483. The van der Waals surface area contributed by atoms with E-state index in [2.05, 4.69) is 5.32 Å². The molecule has 0 radical (unpaired) electrons. The van der Waals surface area contributed by atoms with E-state index in [1.807, 2.05) is 11.4 Å². The molecular formula is C17H17FN2O2S. The maximum Gasteiger partial charge on any atom is 0.264 e. The van der Waals surface area contributed by atoms with E-state index in [0.717, 1.165) is 12.8 Å². The summed E-state index contributed by atoms with van der Waals surface area (Å²) in [5.41, 5.74) is 0.533. The maximum atomic E-state index is 12.9. The minimum absolute atomic E-state index is 0.0982. The number of carbonyl (C=O) groups excluding carboxylic acids is 2. The fourth-order valence-electron chi connectivity index (χ4n) is 2.75. The number of nitrogens with one attached hydrogen (secondary N) is 1. The van der Waals surface area contributed by atoms with Crippen LogP contribution in [0.15, 0.2) is 41.8 Å². The van der Waals surface area contributed by atoms with Crippen molar-refractivity contribution in [2.24, 2.45) is 0 Å². The molecule has 120 valence electrons. The average Bonchev–Trinajstić information content (AvgIpc) is 3.11. The lowest BCUT2D eigenvalue weighted by Crippen LogP contribution is -2.49. The van der Waals surface area contributed by atoms with Gasteiger partial charge >= 0.3 is 0 Å². The highest BCUT2D eigenvalue weighted by atomic mass is 32.1. The van der Waals surface area contributed by atoms with Gasteiger partial charge in [-0.15, -0.1) is 11.3 Å². The Morgan fingerprint density at radius 2 is 1.96 bits per heavy atom. The molecule has 1 unspecified atom stereocenters. The Morgan fingerprint density at radius 3 is 2.65 bits per heavy atom. The molecule has 4 nitrogen and oxygen atoms in total. The summed E-state index contributed by atoms with van der Waals surface area (Å²) in [6.07, 6.45) is 2.46. The number of piperidine rings is 1. The molecule has 1 aliphatic rings. The van der Waals surface area contributed by atoms with Crippen molar-refractivity contribution < 1.29 is 14.0 Å². The van der Waals surface area contributed by atoms with E-state index in [0.29, 0.717) is 23.5 Å². The Kier molecular flexibility index (Phi) is 4.71. The van der Waals surface area contributed by atoms with Crippen molar-refractivity contribution >= 4 is 28.8 Å². The van der Waals surface area contributed by atoms with Crippen molar-refractivity contribution in [3.63, 3.8) is 0 Å². The van der Waals surface area contributed by atoms with Gasteiger partial charge in [-0.2, -0.15) is 0 Å². The van der Waals surface area contributed by atoms with Crippen LogP contribution in [0.1, 0.15) is 28.9 Å². The molecule has 0 saturated carbocycles. The molecule has 1 atom stereocenters. The van der Waals surface area contributed by atoms with Gasteiger partial charge < -0.3 is 10.2 Å². The van der Waals surface area contributed by atoms with Crippen LogP contribution in [0, 0.1) is 5.82 Å². The molecule has 1 aromatic carbocycles. The highest BCUT2D eigenvalue weighted by Gasteiger charge is 2.33. The van der Waals surface area contributed by atoms with E-state index in [4.69, 9.17) is 0 Å². The second-order valence-electron chi connectivity index (χ2n) is 5.48. The highest BCUT2D eigenvalue weighted by Crippen LogP contribution is 2.23. The zero-order valence-corrected chi connectivity index (χ0v) is 13.3. The van der Waals surface area contributed by atoms with Gasteiger partial charge in [0.2, 0.25) is 5.91 Å². The lowest BCUT2D eigenvalue weighted by Gasteiger charge is -2.34. The van der Waals surface area contributed by atoms with Gasteiger partial charge in [0.1, 0.15) is 11.9 Å². The molecule has 1 saturated heterocycles. The Bertz CT molecular complexity index is 685. The molecule has 2 amide bonds. The van der Waals surface area contributed by atoms with E-state index in [1.165, 1.54) is 35.6 Å². The topological polar surface area (TPSA) is 49.4 Å². The Balaban J connectivity index is 1.74. The van der Waals surface area contributed by atoms with Crippen LogP contribution in [0.3, 0.4) is 0 Å². The first-order valence-corrected chi connectivity index (χ1v) is 8.44. The van der Waals surface area contributed by atoms with Crippen LogP contribution in [-0.2, 0) is 4.79 Å². The van der Waals surface area contributed by atoms with Gasteiger partial charge in [0.15, 0.2) is 0 Å². The SMILES string of the molecule is O=C(Nc1ccc(F)cc1)C1CCCCN1C(=O)c1cccs1. The first kappa shape index (κ1) is 15.7. The Morgan fingerprint density at radius 1 is 1.17 bits per heavy atom. The molecule has 1 N–H and O–H groups in total. The lowest BCUT2D eigenvalue weighted by molar-refractivity contribution is -0.121. The predicted octanol–water partition coefficient (Wildman–Crippen LogP) is 3.52. The van der Waals surface area contributed by atoms with Gasteiger partial charge in [-0.25, -0.2) is 4.39 Å². The van der Waals surface area contributed by atoms with Crippen LogP contribution in [0.4, 0.5) is 10.1 Å². The number of likely N-dealkylation sites (tertiary alicyclic amines) is 1. The molecule has 1 fully saturated rings. The van der Waals surface area contributed by atoms with Crippen molar-refractivity contribution in [1.82, 2.24) is 4.90 Å². The number of thiophene rings is 1. The standard InChI is InChI=1S/C17H17FN2O2S/c18-12-6-8-13(9-7-12)19-16(21)14-4-1-2-10-20(14)17(22)15-5-3-11-23-15/h3,5-9,11,14H,1-2,4,10H2,(H,19,21). The van der Waals surface area contributed by atoms with E-state index >= 15 is 0 Å². The summed E-state index contributed by atoms with van der Waals surface area (Å²) in [5.74, 6) is -0.671. The number of benzene rings is 1. The summed E-state index contributed by atoms with van der Waals surface area (Å²) in [7, 11) is 0. The molecular weight excluding hydrogens is 315 g/mol. The van der Waals surface area contributed by atoms with Crippen LogP contribution in [0.25, 0.3) is 0 Å². The second-order valence-corrected chi connectivity index (χ2v) is 6.43. The molecule has 0 spiro atoms. The van der Waals surface area contributed by atoms with Crippen molar-refractivity contribution in [2.45, 2.75) is 25.3 Å². The van der Waals surface area contributed by atoms with Crippen LogP contribution in [0.2, 0.25) is 0 Å². The van der Waals surface area contributed by atoms with Gasteiger partial charge in [0, 0.05) is 12.2 Å². The second kappa shape index (κ2) is 6.91. The third kappa shape index (κ3) is 3.59. The fourth-order valence-corrected chi connectivity index (χ4v) is 3.43. The van der Waals surface area contributed by atoms with E-state index in [9.17, 15) is 14.0 Å². The number of anilines is 1. The molecule has 6 heteroatoms. The summed E-state index contributed by atoms with van der Waals surface area (Å²) < 4.78 is 12.9. The van der Waals surface area contributed by atoms with Crippen molar-refractivity contribution in [2.75, 3.05) is 11.9 Å². The molecule has 1 aliphatic heterocycles. The first-order valence-electron chi connectivity index (χ1n) is 7.56. The smallest absolute Gasteiger partial charge is 0.264 e. The van der Waals surface area contributed by atoms with E-state index in [-0.39, 0.29) is 17.6 Å². The largest absolute Gasteiger partial charge is 0.326 e. The predicted molar refractivity (Wildman–Crippen MR) is 88.0 cm³/mol. The minimum Gasteiger partial charge on any atom is -0.326 e. The van der Waals surface area contributed by atoms with Gasteiger partial charge in [0.05, 0.1) is 4.88 Å². The number of amides is 2. The fraction of sp³-hybridized carbons (Fsp3) is 0.294. The van der Waals surface area contributed by atoms with Crippen LogP contribution < -0.4 is 5.32 Å². The summed E-state index contributed by atoms with van der Waals surface area (Å²) in [6.45, 7) is 0.582. The van der Waals surface area contributed by atoms with Gasteiger partial charge in [0.25, 0.3) is 5.91 Å². The van der Waals surface area contributed by atoms with Crippen molar-refractivity contribution in [3.05, 3.63) is 52.5 Å². The third-order valence-corrected chi connectivity index (χ3v) is 4.77. The van der Waals surface area contributed by atoms with E-state index < -0.39 is 6.04 Å². The number of rotatable bonds is 3. The van der Waals surface area contributed by atoms with Crippen molar-refractivity contribution in [1.29, 1.82) is 0 Å². The molecule has 2 heterocycles. The normalized spacial score (nSPS) is 17.8. The summed E-state index contributed by atoms with van der Waals surface area (Å²) >= 11 is 1.38. The number of hydrogen-bond acceptors (Lipinski definition) is 3. The maximum absolute atomic E-state index is 12.9. The number of halogens is 1. The summed E-state index contributed by atoms with van der Waals surface area (Å²) in [6, 6.07) is 8.74. The number of carbonyl (C=O) groups is 2. The van der Waals surface area contributed by atoms with Gasteiger partial charge in [-0.3, -0.25) is 9.59 Å². The van der Waals surface area contributed by atoms with E-state index in [1.54, 1.807) is 11.0 Å². The third-order valence-electron chi connectivity index (χ3n) is 3.91. The lowest BCUT2D eigenvalue weighted by atomic mass is 10.0. The summed E-state index contributed by atoms with van der Waals surface area (Å²) in [5, 5.41) is 4.62. The molecule has 1 aromatic heterocycles. The van der Waals surface area contributed by atoms with Crippen LogP contribution in [-0.4, -0.2) is 29.3 Å².